The van der Waals surface area contributed by atoms with Crippen molar-refractivity contribution in [3.63, 3.8) is 0 Å². The van der Waals surface area contributed by atoms with Gasteiger partial charge in [0.15, 0.2) is 0 Å². The Balaban J connectivity index is 1.85. The number of hydrogen-bond donors (Lipinski definition) is 0. The van der Waals surface area contributed by atoms with Crippen LogP contribution in [0.2, 0.25) is 0 Å². The van der Waals surface area contributed by atoms with Crippen molar-refractivity contribution in [1.82, 2.24) is 15.0 Å². The van der Waals surface area contributed by atoms with Gasteiger partial charge in [-0.25, -0.2) is 0 Å². The maximum atomic E-state index is 5.21. The van der Waals surface area contributed by atoms with Gasteiger partial charge in [0.2, 0.25) is 0 Å². The van der Waals surface area contributed by atoms with Crippen LogP contribution >= 0.6 is 0 Å². The molecular weight excluding hydrogens is 226 g/mol. The van der Waals surface area contributed by atoms with Crippen LogP contribution in [0.3, 0.4) is 0 Å². The van der Waals surface area contributed by atoms with E-state index >= 15 is 0 Å². The molecule has 1 aromatic rings. The van der Waals surface area contributed by atoms with Gasteiger partial charge < -0.3 is 4.52 Å². The van der Waals surface area contributed by atoms with Gasteiger partial charge in [-0.2, -0.15) is 0 Å². The van der Waals surface area contributed by atoms with Crippen molar-refractivity contribution in [3.8, 4) is 0 Å². The molecule has 0 aromatic carbocycles. The standard InChI is InChI=1S/C14H23N3O/c1-11(2)9-16-5-7-17(8-6-16)10-14-12(3)15-18-13(14)4/h1,5-10H2,2-4H3. The van der Waals surface area contributed by atoms with Crippen LogP contribution < -0.4 is 0 Å². The van der Waals surface area contributed by atoms with Crippen LogP contribution in [0.5, 0.6) is 0 Å². The Morgan fingerprint density at radius 2 is 1.83 bits per heavy atom. The summed E-state index contributed by atoms with van der Waals surface area (Å²) in [5.41, 5.74) is 3.52. The van der Waals surface area contributed by atoms with E-state index in [-0.39, 0.29) is 0 Å². The van der Waals surface area contributed by atoms with Crippen molar-refractivity contribution in [1.29, 1.82) is 0 Å². The van der Waals surface area contributed by atoms with E-state index in [0.29, 0.717) is 0 Å². The summed E-state index contributed by atoms with van der Waals surface area (Å²) in [6, 6.07) is 0. The lowest BCUT2D eigenvalue weighted by Gasteiger charge is -2.34. The molecule has 4 nitrogen and oxygen atoms in total. The number of hydrogen-bond acceptors (Lipinski definition) is 4. The summed E-state index contributed by atoms with van der Waals surface area (Å²) in [5.74, 6) is 0.955. The van der Waals surface area contributed by atoms with Crippen LogP contribution in [0.15, 0.2) is 16.7 Å². The largest absolute Gasteiger partial charge is 0.361 e. The molecule has 0 amide bonds. The molecule has 1 saturated heterocycles. The molecule has 0 saturated carbocycles. The Labute approximate surface area is 109 Å². The van der Waals surface area contributed by atoms with E-state index in [1.54, 1.807) is 0 Å². The van der Waals surface area contributed by atoms with E-state index in [1.165, 1.54) is 11.1 Å². The van der Waals surface area contributed by atoms with Gasteiger partial charge in [-0.15, -0.1) is 0 Å². The summed E-state index contributed by atoms with van der Waals surface area (Å²) >= 11 is 0. The quantitative estimate of drug-likeness (QED) is 0.764. The molecule has 0 aliphatic carbocycles. The van der Waals surface area contributed by atoms with E-state index in [4.69, 9.17) is 4.52 Å². The minimum absolute atomic E-state index is 0.955. The van der Waals surface area contributed by atoms with Gasteiger partial charge >= 0.3 is 0 Å². The fourth-order valence-corrected chi connectivity index (χ4v) is 2.44. The smallest absolute Gasteiger partial charge is 0.138 e. The van der Waals surface area contributed by atoms with Crippen LogP contribution in [-0.2, 0) is 6.54 Å². The minimum atomic E-state index is 0.955. The van der Waals surface area contributed by atoms with E-state index < -0.39 is 0 Å². The van der Waals surface area contributed by atoms with Crippen molar-refractivity contribution in [2.24, 2.45) is 0 Å². The average Bonchev–Trinajstić information content (AvgIpc) is 2.63. The summed E-state index contributed by atoms with van der Waals surface area (Å²) in [5, 5.41) is 4.01. The molecule has 0 spiro atoms. The third-order valence-electron chi connectivity index (χ3n) is 3.52. The molecule has 1 aromatic heterocycles. The van der Waals surface area contributed by atoms with Crippen molar-refractivity contribution in [3.05, 3.63) is 29.2 Å². The number of rotatable bonds is 4. The number of aryl methyl sites for hydroxylation is 2. The van der Waals surface area contributed by atoms with Crippen LogP contribution in [0.4, 0.5) is 0 Å². The van der Waals surface area contributed by atoms with E-state index in [1.807, 2.05) is 13.8 Å². The monoisotopic (exact) mass is 249 g/mol. The lowest BCUT2D eigenvalue weighted by Crippen LogP contribution is -2.46. The predicted molar refractivity (Wildman–Crippen MR) is 72.5 cm³/mol. The van der Waals surface area contributed by atoms with Gasteiger partial charge in [-0.05, 0) is 20.8 Å². The highest BCUT2D eigenvalue weighted by molar-refractivity contribution is 5.20. The van der Waals surface area contributed by atoms with Gasteiger partial charge in [0.1, 0.15) is 5.76 Å². The lowest BCUT2D eigenvalue weighted by atomic mass is 10.1. The summed E-state index contributed by atoms with van der Waals surface area (Å²) in [6.45, 7) is 16.5. The maximum absolute atomic E-state index is 5.21. The Morgan fingerprint density at radius 3 is 2.33 bits per heavy atom. The normalized spacial score (nSPS) is 18.2. The van der Waals surface area contributed by atoms with Gasteiger partial charge in [-0.1, -0.05) is 17.3 Å². The zero-order valence-electron chi connectivity index (χ0n) is 11.7. The minimum Gasteiger partial charge on any atom is -0.361 e. The van der Waals surface area contributed by atoms with Crippen LogP contribution in [-0.4, -0.2) is 47.7 Å². The van der Waals surface area contributed by atoms with Gasteiger partial charge in [0.05, 0.1) is 5.69 Å². The van der Waals surface area contributed by atoms with Gasteiger partial charge in [-0.3, -0.25) is 9.80 Å². The Bertz CT molecular complexity index is 397. The van der Waals surface area contributed by atoms with Crippen molar-refractivity contribution in [2.75, 3.05) is 32.7 Å². The fraction of sp³-hybridized carbons (Fsp3) is 0.643. The predicted octanol–water partition coefficient (Wildman–Crippen LogP) is 1.99. The maximum Gasteiger partial charge on any atom is 0.138 e. The second-order valence-electron chi connectivity index (χ2n) is 5.31. The lowest BCUT2D eigenvalue weighted by molar-refractivity contribution is 0.134. The molecule has 0 atom stereocenters. The Hall–Kier alpha value is -1.13. The van der Waals surface area contributed by atoms with Crippen molar-refractivity contribution >= 4 is 0 Å². The Kier molecular flexibility index (Phi) is 4.19. The molecule has 2 rings (SSSR count). The summed E-state index contributed by atoms with van der Waals surface area (Å²) in [4.78, 5) is 4.94. The molecule has 4 heteroatoms. The number of aromatic nitrogens is 1. The summed E-state index contributed by atoms with van der Waals surface area (Å²) in [6.07, 6.45) is 0. The molecular formula is C14H23N3O. The molecule has 0 radical (unpaired) electrons. The van der Waals surface area contributed by atoms with Gasteiger partial charge in [0, 0.05) is 44.8 Å². The third kappa shape index (κ3) is 3.21. The first kappa shape index (κ1) is 13.3. The molecule has 2 heterocycles. The van der Waals surface area contributed by atoms with E-state index in [2.05, 4.69) is 28.5 Å². The molecule has 1 aliphatic rings. The first-order valence-corrected chi connectivity index (χ1v) is 6.57. The van der Waals surface area contributed by atoms with E-state index in [9.17, 15) is 0 Å². The van der Waals surface area contributed by atoms with Crippen molar-refractivity contribution < 1.29 is 4.52 Å². The second-order valence-corrected chi connectivity index (χ2v) is 5.31. The zero-order chi connectivity index (χ0) is 13.1. The number of nitrogens with zero attached hydrogens (tertiary/aromatic N) is 3. The highest BCUT2D eigenvalue weighted by Gasteiger charge is 2.19. The topological polar surface area (TPSA) is 32.5 Å². The van der Waals surface area contributed by atoms with E-state index in [0.717, 1.165) is 50.7 Å². The molecule has 0 bridgehead atoms. The third-order valence-corrected chi connectivity index (χ3v) is 3.52. The molecule has 1 aliphatic heterocycles. The SMILES string of the molecule is C=C(C)CN1CCN(Cc2c(C)noc2C)CC1. The highest BCUT2D eigenvalue weighted by Crippen LogP contribution is 2.16. The summed E-state index contributed by atoms with van der Waals surface area (Å²) in [7, 11) is 0. The molecule has 1 fully saturated rings. The molecule has 100 valence electrons. The average molecular weight is 249 g/mol. The Morgan fingerprint density at radius 1 is 1.22 bits per heavy atom. The van der Waals surface area contributed by atoms with Crippen molar-refractivity contribution in [2.45, 2.75) is 27.3 Å². The molecule has 18 heavy (non-hydrogen) atoms. The number of piperazine rings is 1. The first-order valence-electron chi connectivity index (χ1n) is 6.57. The van der Waals surface area contributed by atoms with Gasteiger partial charge in [0.25, 0.3) is 0 Å². The molecule has 0 N–H and O–H groups in total. The van der Waals surface area contributed by atoms with Crippen LogP contribution in [0.25, 0.3) is 0 Å². The summed E-state index contributed by atoms with van der Waals surface area (Å²) < 4.78 is 5.21. The first-order chi connectivity index (χ1) is 8.56. The zero-order valence-corrected chi connectivity index (χ0v) is 11.7. The van der Waals surface area contributed by atoms with Crippen LogP contribution in [0, 0.1) is 13.8 Å². The second kappa shape index (κ2) is 5.67. The fourth-order valence-electron chi connectivity index (χ4n) is 2.44. The molecule has 0 unspecified atom stereocenters. The van der Waals surface area contributed by atoms with Crippen LogP contribution in [0.1, 0.15) is 23.9 Å². The highest BCUT2D eigenvalue weighted by atomic mass is 16.5.